The molecule has 7 heteroatoms. The van der Waals surface area contributed by atoms with Gasteiger partial charge in [-0.1, -0.05) is 36.8 Å². The summed E-state index contributed by atoms with van der Waals surface area (Å²) in [7, 11) is 0. The fourth-order valence-corrected chi connectivity index (χ4v) is 5.29. The quantitative estimate of drug-likeness (QED) is 0.514. The van der Waals surface area contributed by atoms with Crippen LogP contribution in [0.5, 0.6) is 0 Å². The number of amides is 3. The number of fused-ring (bicyclic) bond motifs is 1. The van der Waals surface area contributed by atoms with Crippen molar-refractivity contribution in [3.05, 3.63) is 42.0 Å². The Balaban J connectivity index is 1.45. The van der Waals surface area contributed by atoms with E-state index in [1.165, 1.54) is 6.08 Å². The molecule has 0 spiro atoms. The molecule has 31 heavy (non-hydrogen) atoms. The van der Waals surface area contributed by atoms with E-state index in [0.717, 1.165) is 24.8 Å². The molecule has 3 aliphatic rings. The molecule has 7 nitrogen and oxygen atoms in total. The van der Waals surface area contributed by atoms with Crippen molar-refractivity contribution in [3.63, 3.8) is 0 Å². The van der Waals surface area contributed by atoms with Crippen molar-refractivity contribution >= 4 is 30.1 Å². The topological polar surface area (TPSA) is 95.6 Å². The summed E-state index contributed by atoms with van der Waals surface area (Å²) in [5.41, 5.74) is 0.923. The van der Waals surface area contributed by atoms with E-state index in [2.05, 4.69) is 10.6 Å². The predicted octanol–water partition coefficient (Wildman–Crippen LogP) is 1.54. The van der Waals surface area contributed by atoms with Gasteiger partial charge in [0.25, 0.3) is 0 Å². The van der Waals surface area contributed by atoms with Gasteiger partial charge in [-0.3, -0.25) is 14.4 Å². The summed E-state index contributed by atoms with van der Waals surface area (Å²) in [5, 5.41) is 5.58. The maximum absolute atomic E-state index is 13.2. The van der Waals surface area contributed by atoms with Crippen LogP contribution in [0.4, 0.5) is 0 Å². The highest BCUT2D eigenvalue weighted by atomic mass is 16.2. The highest BCUT2D eigenvalue weighted by Crippen LogP contribution is 2.42. The predicted molar refractivity (Wildman–Crippen MR) is 116 cm³/mol. The Kier molecular flexibility index (Phi) is 6.49. The van der Waals surface area contributed by atoms with E-state index in [1.807, 2.05) is 30.3 Å². The molecular formula is C24H29N3O4. The van der Waals surface area contributed by atoms with Gasteiger partial charge >= 0.3 is 0 Å². The third kappa shape index (κ3) is 4.70. The second kappa shape index (κ2) is 9.45. The number of nitrogens with zero attached hydrogens (tertiary/aromatic N) is 1. The van der Waals surface area contributed by atoms with Crippen LogP contribution in [-0.4, -0.2) is 54.1 Å². The van der Waals surface area contributed by atoms with E-state index in [0.29, 0.717) is 38.1 Å². The lowest BCUT2D eigenvalue weighted by Crippen LogP contribution is -2.51. The molecular weight excluding hydrogens is 394 g/mol. The van der Waals surface area contributed by atoms with Crippen molar-refractivity contribution in [1.82, 2.24) is 15.5 Å². The molecule has 2 saturated heterocycles. The van der Waals surface area contributed by atoms with Crippen LogP contribution in [0.15, 0.2) is 36.4 Å². The first kappa shape index (κ1) is 21.3. The number of hydrogen-bond acceptors (Lipinski definition) is 4. The molecule has 0 bridgehead atoms. The monoisotopic (exact) mass is 423 g/mol. The SMILES string of the molecule is O=C[C@H](C[C@@H]1CCNC1=O)NC(=O)[C@@H]1[C@H]2CCC[C@H]2CN1C(=O)/C=C/c1ccccc1. The Morgan fingerprint density at radius 2 is 2.00 bits per heavy atom. The van der Waals surface area contributed by atoms with Crippen molar-refractivity contribution in [3.8, 4) is 0 Å². The van der Waals surface area contributed by atoms with Crippen molar-refractivity contribution in [2.45, 2.75) is 44.2 Å². The van der Waals surface area contributed by atoms with Crippen LogP contribution in [0.3, 0.4) is 0 Å². The molecule has 1 aromatic carbocycles. The van der Waals surface area contributed by atoms with Crippen LogP contribution < -0.4 is 10.6 Å². The molecule has 1 saturated carbocycles. The lowest BCUT2D eigenvalue weighted by Gasteiger charge is -2.27. The number of carbonyl (C=O) groups is 4. The average Bonchev–Trinajstić information content (AvgIpc) is 3.48. The average molecular weight is 424 g/mol. The molecule has 2 aliphatic heterocycles. The minimum Gasteiger partial charge on any atom is -0.356 e. The highest BCUT2D eigenvalue weighted by Gasteiger charge is 2.49. The Morgan fingerprint density at radius 1 is 1.19 bits per heavy atom. The second-order valence-electron chi connectivity index (χ2n) is 8.80. The maximum atomic E-state index is 13.2. The minimum absolute atomic E-state index is 0.0688. The van der Waals surface area contributed by atoms with Crippen LogP contribution in [0, 0.1) is 17.8 Å². The molecule has 4 rings (SSSR count). The molecule has 1 aliphatic carbocycles. The van der Waals surface area contributed by atoms with E-state index in [1.54, 1.807) is 11.0 Å². The van der Waals surface area contributed by atoms with Crippen LogP contribution in [0.2, 0.25) is 0 Å². The molecule has 1 aromatic rings. The number of nitrogens with one attached hydrogen (secondary N) is 2. The molecule has 0 aromatic heterocycles. The van der Waals surface area contributed by atoms with Gasteiger partial charge in [-0.05, 0) is 49.2 Å². The molecule has 2 N–H and O–H groups in total. The van der Waals surface area contributed by atoms with Crippen LogP contribution in [0.25, 0.3) is 6.08 Å². The van der Waals surface area contributed by atoms with Gasteiger partial charge in [0.2, 0.25) is 17.7 Å². The fraction of sp³-hybridized carbons (Fsp3) is 0.500. The van der Waals surface area contributed by atoms with Crippen LogP contribution in [0.1, 0.15) is 37.7 Å². The Morgan fingerprint density at radius 3 is 2.71 bits per heavy atom. The number of likely N-dealkylation sites (tertiary alicyclic amines) is 1. The van der Waals surface area contributed by atoms with Crippen molar-refractivity contribution in [1.29, 1.82) is 0 Å². The first-order chi connectivity index (χ1) is 15.1. The summed E-state index contributed by atoms with van der Waals surface area (Å²) >= 11 is 0. The van der Waals surface area contributed by atoms with Gasteiger partial charge in [0.05, 0.1) is 6.04 Å². The standard InChI is InChI=1S/C24H29N3O4/c28-15-19(13-17-11-12-25-23(17)30)26-24(31)22-20-8-4-7-18(20)14-27(22)21(29)10-9-16-5-2-1-3-6-16/h1-3,5-6,9-10,15,17-20,22H,4,7-8,11-14H2,(H,25,30)(H,26,31)/b10-9+/t17-,18-,19-,20-,22-/m0/s1. The number of aldehydes is 1. The van der Waals surface area contributed by atoms with Crippen molar-refractivity contribution < 1.29 is 19.2 Å². The summed E-state index contributed by atoms with van der Waals surface area (Å²) in [4.78, 5) is 51.3. The zero-order valence-electron chi connectivity index (χ0n) is 17.5. The van der Waals surface area contributed by atoms with E-state index in [-0.39, 0.29) is 29.6 Å². The number of benzene rings is 1. The minimum atomic E-state index is -0.724. The second-order valence-corrected chi connectivity index (χ2v) is 8.80. The van der Waals surface area contributed by atoms with Gasteiger partial charge in [-0.2, -0.15) is 0 Å². The number of hydrogen-bond donors (Lipinski definition) is 2. The molecule has 164 valence electrons. The first-order valence-corrected chi connectivity index (χ1v) is 11.1. The summed E-state index contributed by atoms with van der Waals surface area (Å²) in [6.07, 6.45) is 7.93. The molecule has 3 fully saturated rings. The van der Waals surface area contributed by atoms with Gasteiger partial charge in [0.1, 0.15) is 12.3 Å². The van der Waals surface area contributed by atoms with Crippen molar-refractivity contribution in [2.75, 3.05) is 13.1 Å². The molecule has 0 unspecified atom stereocenters. The van der Waals surface area contributed by atoms with E-state index < -0.39 is 12.1 Å². The largest absolute Gasteiger partial charge is 0.356 e. The Hall–Kier alpha value is -2.96. The molecule has 3 amide bonds. The fourth-order valence-electron chi connectivity index (χ4n) is 5.29. The Bertz CT molecular complexity index is 869. The third-order valence-corrected chi connectivity index (χ3v) is 6.85. The normalized spacial score (nSPS) is 28.4. The number of rotatable bonds is 7. The van der Waals surface area contributed by atoms with Crippen LogP contribution in [-0.2, 0) is 19.2 Å². The maximum Gasteiger partial charge on any atom is 0.247 e. The van der Waals surface area contributed by atoms with E-state index in [9.17, 15) is 19.2 Å². The van der Waals surface area contributed by atoms with E-state index in [4.69, 9.17) is 0 Å². The zero-order chi connectivity index (χ0) is 21.8. The van der Waals surface area contributed by atoms with Gasteiger partial charge in [-0.25, -0.2) is 0 Å². The summed E-state index contributed by atoms with van der Waals surface area (Å²) in [6.45, 7) is 1.17. The molecule has 5 atom stereocenters. The van der Waals surface area contributed by atoms with Gasteiger partial charge < -0.3 is 20.3 Å². The smallest absolute Gasteiger partial charge is 0.247 e. The highest BCUT2D eigenvalue weighted by molar-refractivity contribution is 5.96. The Labute approximate surface area is 182 Å². The summed E-state index contributed by atoms with van der Waals surface area (Å²) in [6, 6.07) is 8.27. The van der Waals surface area contributed by atoms with Gasteiger partial charge in [0.15, 0.2) is 0 Å². The van der Waals surface area contributed by atoms with E-state index >= 15 is 0 Å². The van der Waals surface area contributed by atoms with Gasteiger partial charge in [-0.15, -0.1) is 0 Å². The van der Waals surface area contributed by atoms with Gasteiger partial charge in [0, 0.05) is 25.1 Å². The summed E-state index contributed by atoms with van der Waals surface area (Å²) in [5.74, 6) is -0.357. The van der Waals surface area contributed by atoms with Crippen LogP contribution >= 0.6 is 0 Å². The summed E-state index contributed by atoms with van der Waals surface area (Å²) < 4.78 is 0. The third-order valence-electron chi connectivity index (χ3n) is 6.85. The first-order valence-electron chi connectivity index (χ1n) is 11.1. The molecule has 0 radical (unpaired) electrons. The number of carbonyl (C=O) groups excluding carboxylic acids is 4. The lowest BCUT2D eigenvalue weighted by atomic mass is 9.92. The lowest BCUT2D eigenvalue weighted by molar-refractivity contribution is -0.137. The zero-order valence-corrected chi connectivity index (χ0v) is 17.5. The van der Waals surface area contributed by atoms with Crippen molar-refractivity contribution in [2.24, 2.45) is 17.8 Å². The molecule has 2 heterocycles.